The van der Waals surface area contributed by atoms with Crippen molar-refractivity contribution in [3.8, 4) is 17.2 Å². The van der Waals surface area contributed by atoms with Crippen LogP contribution in [0.2, 0.25) is 0 Å². The summed E-state index contributed by atoms with van der Waals surface area (Å²) in [5.41, 5.74) is 1.06. The van der Waals surface area contributed by atoms with Gasteiger partial charge in [-0.15, -0.1) is 0 Å². The number of benzene rings is 1. The quantitative estimate of drug-likeness (QED) is 0.739. The normalized spacial score (nSPS) is 20.7. The van der Waals surface area contributed by atoms with Crippen molar-refractivity contribution in [2.45, 2.75) is 31.8 Å². The number of likely N-dealkylation sites (tertiary alicyclic amines) is 1. The van der Waals surface area contributed by atoms with Crippen molar-refractivity contribution in [3.63, 3.8) is 0 Å². The number of rotatable bonds is 7. The molecule has 2 heterocycles. The van der Waals surface area contributed by atoms with Crippen molar-refractivity contribution in [2.75, 3.05) is 40.1 Å². The summed E-state index contributed by atoms with van der Waals surface area (Å²) in [4.78, 5) is 2.38. The van der Waals surface area contributed by atoms with Crippen molar-refractivity contribution in [3.05, 3.63) is 17.7 Å². The van der Waals surface area contributed by atoms with E-state index in [9.17, 15) is 5.11 Å². The molecule has 1 atom stereocenters. The fraction of sp³-hybridized carbons (Fsp3) is 0.647. The Balaban J connectivity index is 1.50. The smallest absolute Gasteiger partial charge is 0.231 e. The largest absolute Gasteiger partial charge is 0.496 e. The van der Waals surface area contributed by atoms with E-state index in [1.807, 2.05) is 12.1 Å². The van der Waals surface area contributed by atoms with Gasteiger partial charge in [0.15, 0.2) is 11.5 Å². The summed E-state index contributed by atoms with van der Waals surface area (Å²) in [6, 6.07) is 4.18. The molecule has 2 aliphatic rings. The SMILES string of the molecule is COc1cc2c(cc1CNCCN1CCCCC1CO)OCO2. The first-order valence-electron chi connectivity index (χ1n) is 8.34. The first-order chi connectivity index (χ1) is 11.3. The second-order valence-electron chi connectivity index (χ2n) is 6.06. The third kappa shape index (κ3) is 3.88. The third-order valence-electron chi connectivity index (χ3n) is 4.63. The number of nitrogens with one attached hydrogen (secondary N) is 1. The lowest BCUT2D eigenvalue weighted by molar-refractivity contribution is 0.0910. The maximum Gasteiger partial charge on any atom is 0.231 e. The topological polar surface area (TPSA) is 63.2 Å². The number of aliphatic hydroxyl groups excluding tert-OH is 1. The van der Waals surface area contributed by atoms with Crippen LogP contribution in [0.1, 0.15) is 24.8 Å². The zero-order valence-electron chi connectivity index (χ0n) is 13.7. The van der Waals surface area contributed by atoms with Gasteiger partial charge in [-0.25, -0.2) is 0 Å². The Labute approximate surface area is 137 Å². The van der Waals surface area contributed by atoms with Gasteiger partial charge in [-0.3, -0.25) is 4.90 Å². The zero-order chi connectivity index (χ0) is 16.1. The molecule has 3 rings (SSSR count). The maximum atomic E-state index is 9.45. The van der Waals surface area contributed by atoms with Gasteiger partial charge in [0.25, 0.3) is 0 Å². The first-order valence-corrected chi connectivity index (χ1v) is 8.34. The van der Waals surface area contributed by atoms with Crippen LogP contribution in [0.5, 0.6) is 17.2 Å². The highest BCUT2D eigenvalue weighted by Gasteiger charge is 2.21. The van der Waals surface area contributed by atoms with E-state index in [0.717, 1.165) is 55.4 Å². The number of aliphatic hydroxyl groups is 1. The molecule has 128 valence electrons. The molecule has 0 aliphatic carbocycles. The monoisotopic (exact) mass is 322 g/mol. The van der Waals surface area contributed by atoms with Crippen molar-refractivity contribution in [1.29, 1.82) is 0 Å². The molecule has 2 aliphatic heterocycles. The molecule has 1 unspecified atom stereocenters. The molecule has 0 spiro atoms. The Morgan fingerprint density at radius 1 is 1.30 bits per heavy atom. The van der Waals surface area contributed by atoms with E-state index < -0.39 is 0 Å². The Bertz CT molecular complexity index is 524. The molecular formula is C17H26N2O4. The maximum absolute atomic E-state index is 9.45. The van der Waals surface area contributed by atoms with Crippen LogP contribution in [0, 0.1) is 0 Å². The lowest BCUT2D eigenvalue weighted by Crippen LogP contribution is -2.44. The van der Waals surface area contributed by atoms with Crippen LogP contribution in [0.4, 0.5) is 0 Å². The third-order valence-corrected chi connectivity index (χ3v) is 4.63. The van der Waals surface area contributed by atoms with Crippen molar-refractivity contribution in [1.82, 2.24) is 10.2 Å². The number of hydrogen-bond acceptors (Lipinski definition) is 6. The van der Waals surface area contributed by atoms with Crippen molar-refractivity contribution in [2.24, 2.45) is 0 Å². The molecule has 0 bridgehead atoms. The molecule has 1 saturated heterocycles. The van der Waals surface area contributed by atoms with E-state index in [1.165, 1.54) is 12.8 Å². The van der Waals surface area contributed by atoms with Gasteiger partial charge in [0.2, 0.25) is 6.79 Å². The average Bonchev–Trinajstić information content (AvgIpc) is 3.05. The summed E-state index contributed by atoms with van der Waals surface area (Å²) in [6.45, 7) is 4.17. The lowest BCUT2D eigenvalue weighted by atomic mass is 10.0. The average molecular weight is 322 g/mol. The summed E-state index contributed by atoms with van der Waals surface area (Å²) in [7, 11) is 1.67. The summed E-state index contributed by atoms with van der Waals surface area (Å²) >= 11 is 0. The molecule has 0 saturated carbocycles. The number of fused-ring (bicyclic) bond motifs is 1. The van der Waals surface area contributed by atoms with Crippen LogP contribution < -0.4 is 19.5 Å². The van der Waals surface area contributed by atoms with Crippen LogP contribution in [0.3, 0.4) is 0 Å². The summed E-state index contributed by atoms with van der Waals surface area (Å²) in [6.07, 6.45) is 3.56. The van der Waals surface area contributed by atoms with E-state index in [4.69, 9.17) is 14.2 Å². The molecular weight excluding hydrogens is 296 g/mol. The molecule has 0 radical (unpaired) electrons. The molecule has 2 N–H and O–H groups in total. The molecule has 23 heavy (non-hydrogen) atoms. The molecule has 6 heteroatoms. The van der Waals surface area contributed by atoms with Gasteiger partial charge in [-0.1, -0.05) is 6.42 Å². The molecule has 0 aromatic heterocycles. The van der Waals surface area contributed by atoms with Gasteiger partial charge >= 0.3 is 0 Å². The van der Waals surface area contributed by atoms with Gasteiger partial charge in [0.1, 0.15) is 5.75 Å². The molecule has 1 fully saturated rings. The van der Waals surface area contributed by atoms with Crippen LogP contribution in [0.25, 0.3) is 0 Å². The predicted octanol–water partition coefficient (Wildman–Crippen LogP) is 1.36. The first kappa shape index (κ1) is 16.4. The zero-order valence-corrected chi connectivity index (χ0v) is 13.7. The second kappa shape index (κ2) is 7.86. The van der Waals surface area contributed by atoms with Crippen LogP contribution >= 0.6 is 0 Å². The Hall–Kier alpha value is -1.50. The van der Waals surface area contributed by atoms with Gasteiger partial charge in [0.05, 0.1) is 13.7 Å². The van der Waals surface area contributed by atoms with E-state index in [-0.39, 0.29) is 13.4 Å². The van der Waals surface area contributed by atoms with E-state index >= 15 is 0 Å². The standard InChI is InChI=1S/C17H26N2O4/c1-21-15-9-17-16(22-12-23-17)8-13(15)10-18-5-7-19-6-3-2-4-14(19)11-20/h8-9,14,18,20H,2-7,10-12H2,1H3. The minimum absolute atomic E-state index is 0.260. The minimum atomic E-state index is 0.260. The fourth-order valence-corrected chi connectivity index (χ4v) is 3.30. The van der Waals surface area contributed by atoms with Gasteiger partial charge in [-0.2, -0.15) is 0 Å². The van der Waals surface area contributed by atoms with Gasteiger partial charge in [-0.05, 0) is 25.5 Å². The highest BCUT2D eigenvalue weighted by atomic mass is 16.7. The molecule has 1 aromatic rings. The van der Waals surface area contributed by atoms with E-state index in [2.05, 4.69) is 10.2 Å². The van der Waals surface area contributed by atoms with E-state index in [1.54, 1.807) is 7.11 Å². The Kier molecular flexibility index (Phi) is 5.59. The Morgan fingerprint density at radius 2 is 2.13 bits per heavy atom. The van der Waals surface area contributed by atoms with Crippen LogP contribution in [0.15, 0.2) is 12.1 Å². The fourth-order valence-electron chi connectivity index (χ4n) is 3.30. The number of ether oxygens (including phenoxy) is 3. The van der Waals surface area contributed by atoms with Gasteiger partial charge < -0.3 is 24.6 Å². The highest BCUT2D eigenvalue weighted by molar-refractivity contribution is 5.51. The molecule has 0 amide bonds. The van der Waals surface area contributed by atoms with Crippen LogP contribution in [-0.4, -0.2) is 56.2 Å². The Morgan fingerprint density at radius 3 is 2.91 bits per heavy atom. The summed E-state index contributed by atoms with van der Waals surface area (Å²) in [5.74, 6) is 2.33. The highest BCUT2D eigenvalue weighted by Crippen LogP contribution is 2.37. The predicted molar refractivity (Wildman–Crippen MR) is 87.1 cm³/mol. The number of piperidine rings is 1. The van der Waals surface area contributed by atoms with Crippen molar-refractivity contribution >= 4 is 0 Å². The summed E-state index contributed by atoms with van der Waals surface area (Å²) < 4.78 is 16.2. The minimum Gasteiger partial charge on any atom is -0.496 e. The van der Waals surface area contributed by atoms with E-state index in [0.29, 0.717) is 6.04 Å². The number of nitrogens with zero attached hydrogens (tertiary/aromatic N) is 1. The molecule has 6 nitrogen and oxygen atoms in total. The number of hydrogen-bond donors (Lipinski definition) is 2. The number of methoxy groups -OCH3 is 1. The van der Waals surface area contributed by atoms with Crippen LogP contribution in [-0.2, 0) is 6.54 Å². The lowest BCUT2D eigenvalue weighted by Gasteiger charge is -2.34. The summed E-state index contributed by atoms with van der Waals surface area (Å²) in [5, 5.41) is 12.9. The van der Waals surface area contributed by atoms with Crippen molar-refractivity contribution < 1.29 is 19.3 Å². The van der Waals surface area contributed by atoms with Gasteiger partial charge in [0, 0.05) is 37.3 Å². The molecule has 1 aromatic carbocycles. The second-order valence-corrected chi connectivity index (χ2v) is 6.06.